The van der Waals surface area contributed by atoms with E-state index in [2.05, 4.69) is 37.1 Å². The second kappa shape index (κ2) is 21.1. The third-order valence-corrected chi connectivity index (χ3v) is 5.43. The molecule has 202 valence electrons. The van der Waals surface area contributed by atoms with Gasteiger partial charge in [-0.05, 0) is 57.7 Å². The fraction of sp³-hybridized carbons (Fsp3) is 0.679. The van der Waals surface area contributed by atoms with Gasteiger partial charge in [-0.2, -0.15) is 0 Å². The zero-order valence-electron chi connectivity index (χ0n) is 23.5. The van der Waals surface area contributed by atoms with Gasteiger partial charge in [0.05, 0.1) is 12.1 Å². The molecule has 0 radical (unpaired) electrons. The molecule has 1 heterocycles. The number of nitrogens with zero attached hydrogens (tertiary/aromatic N) is 1. The Morgan fingerprint density at radius 3 is 2.03 bits per heavy atom. The summed E-state index contributed by atoms with van der Waals surface area (Å²) < 4.78 is 0. The van der Waals surface area contributed by atoms with Crippen molar-refractivity contribution in [3.05, 3.63) is 35.9 Å². The van der Waals surface area contributed by atoms with Crippen molar-refractivity contribution in [1.29, 1.82) is 0 Å². The highest BCUT2D eigenvalue weighted by atomic mass is 16.2. The lowest BCUT2D eigenvalue weighted by Gasteiger charge is -2.22. The highest BCUT2D eigenvalue weighted by molar-refractivity contribution is 5.83. The first-order chi connectivity index (χ1) is 16.6. The number of nitrogens with two attached hydrogens (primary N) is 1. The molecule has 4 N–H and O–H groups in total. The molecule has 1 saturated heterocycles. The van der Waals surface area contributed by atoms with Crippen LogP contribution in [0.1, 0.15) is 91.7 Å². The topological polar surface area (TPSA) is 105 Å². The summed E-state index contributed by atoms with van der Waals surface area (Å²) in [4.78, 5) is 34.7. The van der Waals surface area contributed by atoms with Crippen molar-refractivity contribution < 1.29 is 14.4 Å². The summed E-state index contributed by atoms with van der Waals surface area (Å²) in [5, 5.41) is 5.67. The number of hydrogen-bond acceptors (Lipinski definition) is 5. The molecule has 2 rings (SSSR count). The first-order valence-corrected chi connectivity index (χ1v) is 12.9. The molecule has 0 bridgehead atoms. The van der Waals surface area contributed by atoms with Gasteiger partial charge in [0.2, 0.25) is 12.3 Å². The lowest BCUT2D eigenvalue weighted by molar-refractivity contribution is -0.132. The van der Waals surface area contributed by atoms with E-state index in [4.69, 9.17) is 0 Å². The van der Waals surface area contributed by atoms with Crippen LogP contribution >= 0.6 is 0 Å². The number of ketones is 1. The van der Waals surface area contributed by atoms with Crippen molar-refractivity contribution in [2.45, 2.75) is 92.2 Å². The average Bonchev–Trinajstić information content (AvgIpc) is 3.39. The number of carbonyl (C=O) groups excluding carboxylic acids is 3. The van der Waals surface area contributed by atoms with Crippen LogP contribution in [0, 0.1) is 5.41 Å². The number of hydrogen-bond donors (Lipinski definition) is 3. The summed E-state index contributed by atoms with van der Waals surface area (Å²) in [6.45, 7) is 14.2. The van der Waals surface area contributed by atoms with E-state index in [-0.39, 0.29) is 17.5 Å². The van der Waals surface area contributed by atoms with Crippen LogP contribution in [0.3, 0.4) is 0 Å². The van der Waals surface area contributed by atoms with Gasteiger partial charge < -0.3 is 21.3 Å². The van der Waals surface area contributed by atoms with E-state index >= 15 is 0 Å². The molecule has 2 unspecified atom stereocenters. The Labute approximate surface area is 214 Å². The summed E-state index contributed by atoms with van der Waals surface area (Å²) in [5.74, 6) is 0.639. The van der Waals surface area contributed by atoms with Gasteiger partial charge in [-0.15, -0.1) is 0 Å². The van der Waals surface area contributed by atoms with Crippen molar-refractivity contribution >= 4 is 18.1 Å². The van der Waals surface area contributed by atoms with Gasteiger partial charge >= 0.3 is 0 Å². The summed E-state index contributed by atoms with van der Waals surface area (Å²) in [7, 11) is 3.30. The van der Waals surface area contributed by atoms with Gasteiger partial charge in [0.25, 0.3) is 0 Å². The van der Waals surface area contributed by atoms with Crippen molar-refractivity contribution in [2.75, 3.05) is 27.2 Å². The second-order valence-electron chi connectivity index (χ2n) is 9.71. The maximum absolute atomic E-state index is 11.6. The highest BCUT2D eigenvalue weighted by Gasteiger charge is 2.22. The Morgan fingerprint density at radius 1 is 1.09 bits per heavy atom. The monoisotopic (exact) mass is 492 g/mol. The maximum atomic E-state index is 11.6. The molecular formula is C28H52N4O3. The van der Waals surface area contributed by atoms with Crippen LogP contribution in [0.5, 0.6) is 0 Å². The van der Waals surface area contributed by atoms with Crippen LogP contribution in [0.2, 0.25) is 0 Å². The Morgan fingerprint density at radius 2 is 1.63 bits per heavy atom. The van der Waals surface area contributed by atoms with Crippen LogP contribution in [0.15, 0.2) is 30.3 Å². The number of benzene rings is 1. The van der Waals surface area contributed by atoms with Gasteiger partial charge in [-0.1, -0.05) is 65.0 Å². The molecule has 2 amide bonds. The minimum atomic E-state index is 0.0324. The first kappa shape index (κ1) is 34.9. The molecule has 1 aliphatic heterocycles. The molecular weight excluding hydrogens is 440 g/mol. The Hall–Kier alpha value is -2.25. The molecule has 35 heavy (non-hydrogen) atoms. The molecule has 0 saturated carbocycles. The molecule has 1 aromatic rings. The number of amides is 2. The minimum Gasteiger partial charge on any atom is -0.352 e. The zero-order chi connectivity index (χ0) is 27.3. The zero-order valence-corrected chi connectivity index (χ0v) is 23.5. The molecule has 1 aromatic carbocycles. The lowest BCUT2D eigenvalue weighted by atomic mass is 9.92. The van der Waals surface area contributed by atoms with Crippen LogP contribution in [0.25, 0.3) is 0 Å². The van der Waals surface area contributed by atoms with E-state index in [0.29, 0.717) is 24.5 Å². The van der Waals surface area contributed by atoms with Gasteiger partial charge in [0.15, 0.2) is 0 Å². The van der Waals surface area contributed by atoms with Crippen molar-refractivity contribution in [1.82, 2.24) is 15.5 Å². The third kappa shape index (κ3) is 17.8. The van der Waals surface area contributed by atoms with Gasteiger partial charge in [-0.3, -0.25) is 14.4 Å². The normalized spacial score (nSPS) is 14.0. The van der Waals surface area contributed by atoms with Gasteiger partial charge in [-0.25, -0.2) is 0 Å². The number of likely N-dealkylation sites (tertiary alicyclic amines) is 1. The fourth-order valence-electron chi connectivity index (χ4n) is 3.37. The summed E-state index contributed by atoms with van der Waals surface area (Å²) >= 11 is 0. The van der Waals surface area contributed by atoms with Crippen LogP contribution in [-0.2, 0) is 14.4 Å². The Balaban J connectivity index is 0. The molecule has 1 fully saturated rings. The molecule has 0 aromatic heterocycles. The number of carbonyl (C=O) groups is 3. The van der Waals surface area contributed by atoms with Gasteiger partial charge in [0, 0.05) is 25.9 Å². The molecule has 1 aliphatic rings. The second-order valence-corrected chi connectivity index (χ2v) is 9.71. The molecule has 7 heteroatoms. The summed E-state index contributed by atoms with van der Waals surface area (Å²) in [6, 6.07) is 10.1. The van der Waals surface area contributed by atoms with Crippen LogP contribution < -0.4 is 16.4 Å². The van der Waals surface area contributed by atoms with Crippen LogP contribution in [-0.4, -0.2) is 56.2 Å². The third-order valence-electron chi connectivity index (χ3n) is 5.43. The predicted molar refractivity (Wildman–Crippen MR) is 147 cm³/mol. The van der Waals surface area contributed by atoms with E-state index < -0.39 is 0 Å². The van der Waals surface area contributed by atoms with E-state index in [9.17, 15) is 14.4 Å². The highest BCUT2D eigenvalue weighted by Crippen LogP contribution is 2.21. The smallest absolute Gasteiger partial charge is 0.223 e. The molecule has 2 atom stereocenters. The number of rotatable bonds is 9. The van der Waals surface area contributed by atoms with Crippen molar-refractivity contribution in [2.24, 2.45) is 11.1 Å². The fourth-order valence-corrected chi connectivity index (χ4v) is 3.37. The number of likely N-dealkylation sites (N-methyl/N-ethyl adjacent to an activating group) is 1. The Bertz CT molecular complexity index is 669. The minimum absolute atomic E-state index is 0.0324. The maximum Gasteiger partial charge on any atom is 0.223 e. The molecule has 0 aliphatic carbocycles. The van der Waals surface area contributed by atoms with E-state index in [1.807, 2.05) is 56.0 Å². The van der Waals surface area contributed by atoms with Crippen molar-refractivity contribution in [3.8, 4) is 0 Å². The van der Waals surface area contributed by atoms with Crippen LogP contribution in [0.4, 0.5) is 0 Å². The van der Waals surface area contributed by atoms with E-state index in [0.717, 1.165) is 37.9 Å². The Kier molecular flexibility index (Phi) is 21.0. The summed E-state index contributed by atoms with van der Waals surface area (Å²) in [5.41, 5.74) is 5.80. The lowest BCUT2D eigenvalue weighted by Crippen LogP contribution is -2.30. The first-order valence-electron chi connectivity index (χ1n) is 12.9. The predicted octanol–water partition coefficient (Wildman–Crippen LogP) is 4.47. The average molecular weight is 493 g/mol. The molecule has 7 nitrogen and oxygen atoms in total. The van der Waals surface area contributed by atoms with Gasteiger partial charge in [0.1, 0.15) is 5.78 Å². The van der Waals surface area contributed by atoms with E-state index in [1.165, 1.54) is 19.9 Å². The quantitative estimate of drug-likeness (QED) is 0.441. The standard InChI is InChI=1S/C10H19NO.C10H13NO.C7H15NO.CH5N/c1-10(2,3)8-9(12)11-6-4-5-7-11;1-2-10(11-8-12)9-6-4-3-5-7-9;1-4-5-7(9)6(2)8-3;1-2/h4-8H2,1-3H3;3-8,10H,2H2,1H3,(H,11,12);6,8H,4-5H2,1-3H3;2H2,1H3. The SMILES string of the molecule is CC(C)(C)CC(=O)N1CCCC1.CCC(NC=O)c1ccccc1.CCCC(=O)C(C)NC.CN. The van der Waals surface area contributed by atoms with E-state index in [1.54, 1.807) is 7.05 Å². The molecule has 0 spiro atoms. The summed E-state index contributed by atoms with van der Waals surface area (Å²) in [6.07, 6.45) is 6.38. The largest absolute Gasteiger partial charge is 0.352 e. The number of nitrogens with one attached hydrogen (secondary N) is 2. The number of Topliss-reactive ketones (excluding diaryl/α,β-unsaturated/α-hetero) is 1. The van der Waals surface area contributed by atoms with Crippen molar-refractivity contribution in [3.63, 3.8) is 0 Å².